The molecule has 0 atom stereocenters. The van der Waals surface area contributed by atoms with Gasteiger partial charge in [-0.05, 0) is 32.4 Å². The highest BCUT2D eigenvalue weighted by molar-refractivity contribution is 7.89. The summed E-state index contributed by atoms with van der Waals surface area (Å²) in [4.78, 5) is 21.2. The standard InChI is InChI=1S/C8H14O2.C7H9NO2S/c1-3-8(10)6-4-5-7(2)9;1-6-2-4-7(5-3-6)11(8,9)10/h3-6H2,1-2H3;2-5H,1H3,(H2,8,9,10). The zero-order valence-corrected chi connectivity index (χ0v) is 13.6. The summed E-state index contributed by atoms with van der Waals surface area (Å²) in [6.07, 6.45) is 2.43. The van der Waals surface area contributed by atoms with Gasteiger partial charge in [-0.3, -0.25) is 4.79 Å². The van der Waals surface area contributed by atoms with E-state index in [1.807, 2.05) is 13.8 Å². The van der Waals surface area contributed by atoms with Crippen molar-refractivity contribution < 1.29 is 18.0 Å². The predicted octanol–water partition coefficient (Wildman–Crippen LogP) is 2.37. The average molecular weight is 313 g/mol. The highest BCUT2D eigenvalue weighted by Gasteiger charge is 2.04. The van der Waals surface area contributed by atoms with Gasteiger partial charge >= 0.3 is 0 Å². The molecule has 0 aromatic heterocycles. The lowest BCUT2D eigenvalue weighted by Crippen LogP contribution is -2.11. The molecular formula is C15H23NO4S. The number of primary sulfonamides is 1. The third kappa shape index (κ3) is 9.92. The van der Waals surface area contributed by atoms with Crippen molar-refractivity contribution in [3.8, 4) is 0 Å². The van der Waals surface area contributed by atoms with Crippen LogP contribution in [0.4, 0.5) is 0 Å². The smallest absolute Gasteiger partial charge is 0.238 e. The molecule has 6 heteroatoms. The van der Waals surface area contributed by atoms with E-state index in [-0.39, 0.29) is 16.5 Å². The van der Waals surface area contributed by atoms with Gasteiger partial charge in [-0.15, -0.1) is 0 Å². The fourth-order valence-corrected chi connectivity index (χ4v) is 1.95. The average Bonchev–Trinajstić information content (AvgIpc) is 2.38. The van der Waals surface area contributed by atoms with Crippen molar-refractivity contribution in [1.29, 1.82) is 0 Å². The van der Waals surface area contributed by atoms with Gasteiger partial charge in [0.2, 0.25) is 10.0 Å². The van der Waals surface area contributed by atoms with Crippen molar-refractivity contribution in [1.82, 2.24) is 0 Å². The molecule has 1 rings (SSSR count). The van der Waals surface area contributed by atoms with Crippen molar-refractivity contribution >= 4 is 21.6 Å². The first kappa shape index (κ1) is 19.5. The monoisotopic (exact) mass is 313 g/mol. The maximum atomic E-state index is 10.7. The molecule has 0 saturated carbocycles. The number of Topliss-reactive ketones (excluding diaryl/α,β-unsaturated/α-hetero) is 2. The molecule has 0 radical (unpaired) electrons. The minimum atomic E-state index is -3.52. The highest BCUT2D eigenvalue weighted by Crippen LogP contribution is 2.06. The minimum Gasteiger partial charge on any atom is -0.300 e. The number of aryl methyl sites for hydroxylation is 1. The number of rotatable bonds is 6. The number of hydrogen-bond donors (Lipinski definition) is 1. The maximum absolute atomic E-state index is 10.7. The van der Waals surface area contributed by atoms with Crippen LogP contribution in [0.5, 0.6) is 0 Å². The Morgan fingerprint density at radius 3 is 2.00 bits per heavy atom. The van der Waals surface area contributed by atoms with Crippen LogP contribution in [0.25, 0.3) is 0 Å². The van der Waals surface area contributed by atoms with Crippen LogP contribution in [0.2, 0.25) is 0 Å². The van der Waals surface area contributed by atoms with Crippen molar-refractivity contribution in [3.63, 3.8) is 0 Å². The van der Waals surface area contributed by atoms with E-state index >= 15 is 0 Å². The van der Waals surface area contributed by atoms with Crippen LogP contribution in [0.15, 0.2) is 29.2 Å². The molecule has 1 aromatic carbocycles. The molecule has 0 aliphatic heterocycles. The van der Waals surface area contributed by atoms with Crippen LogP contribution in [0.1, 0.15) is 45.1 Å². The van der Waals surface area contributed by atoms with Crippen molar-refractivity contribution in [2.45, 2.75) is 51.3 Å². The van der Waals surface area contributed by atoms with Gasteiger partial charge in [-0.1, -0.05) is 24.6 Å². The number of nitrogens with two attached hydrogens (primary N) is 1. The molecule has 0 unspecified atom stereocenters. The second-order valence-corrected chi connectivity index (χ2v) is 6.37. The third-order valence-corrected chi connectivity index (χ3v) is 3.66. The molecule has 2 N–H and O–H groups in total. The molecule has 0 bridgehead atoms. The van der Waals surface area contributed by atoms with Gasteiger partial charge < -0.3 is 4.79 Å². The van der Waals surface area contributed by atoms with Gasteiger partial charge in [0.25, 0.3) is 0 Å². The van der Waals surface area contributed by atoms with E-state index in [4.69, 9.17) is 5.14 Å². The molecule has 0 fully saturated rings. The Bertz CT molecular complexity index is 562. The van der Waals surface area contributed by atoms with Crippen LogP contribution in [0.3, 0.4) is 0 Å². The molecule has 0 spiro atoms. The Kier molecular flexibility index (Phi) is 8.73. The summed E-state index contributed by atoms with van der Waals surface area (Å²) in [6.45, 7) is 5.28. The van der Waals surface area contributed by atoms with Crippen molar-refractivity contribution in [2.24, 2.45) is 5.14 Å². The molecule has 0 saturated heterocycles. The fourth-order valence-electron chi connectivity index (χ4n) is 1.44. The van der Waals surface area contributed by atoms with Crippen LogP contribution >= 0.6 is 0 Å². The van der Waals surface area contributed by atoms with E-state index in [9.17, 15) is 18.0 Å². The van der Waals surface area contributed by atoms with Crippen molar-refractivity contribution in [2.75, 3.05) is 0 Å². The highest BCUT2D eigenvalue weighted by atomic mass is 32.2. The lowest BCUT2D eigenvalue weighted by atomic mass is 10.1. The van der Waals surface area contributed by atoms with Gasteiger partial charge in [0.1, 0.15) is 11.6 Å². The topological polar surface area (TPSA) is 94.3 Å². The summed E-state index contributed by atoms with van der Waals surface area (Å²) in [7, 11) is -3.52. The molecule has 1 aromatic rings. The Balaban J connectivity index is 0.000000384. The second kappa shape index (κ2) is 9.41. The summed E-state index contributed by atoms with van der Waals surface area (Å²) in [5.41, 5.74) is 1.01. The number of sulfonamides is 1. The molecule has 0 amide bonds. The number of benzene rings is 1. The van der Waals surface area contributed by atoms with Crippen LogP contribution in [-0.4, -0.2) is 20.0 Å². The Labute approximate surface area is 126 Å². The van der Waals surface area contributed by atoms with Crippen molar-refractivity contribution in [3.05, 3.63) is 29.8 Å². The maximum Gasteiger partial charge on any atom is 0.238 e. The second-order valence-electron chi connectivity index (χ2n) is 4.81. The SMILES string of the molecule is CCC(=O)CCCC(C)=O.Cc1ccc(S(N)(=O)=O)cc1. The number of carbonyl (C=O) groups is 2. The quantitative estimate of drug-likeness (QED) is 0.872. The first-order valence-electron chi connectivity index (χ1n) is 6.77. The molecule has 5 nitrogen and oxygen atoms in total. The number of ketones is 2. The van der Waals surface area contributed by atoms with E-state index < -0.39 is 10.0 Å². The summed E-state index contributed by atoms with van der Waals surface area (Å²) in [6, 6.07) is 6.40. The Morgan fingerprint density at radius 1 is 1.10 bits per heavy atom. The fraction of sp³-hybridized carbons (Fsp3) is 0.467. The predicted molar refractivity (Wildman–Crippen MR) is 82.4 cm³/mol. The zero-order valence-electron chi connectivity index (χ0n) is 12.8. The molecule has 21 heavy (non-hydrogen) atoms. The lowest BCUT2D eigenvalue weighted by molar-refractivity contribution is -0.119. The Morgan fingerprint density at radius 2 is 1.62 bits per heavy atom. The number of hydrogen-bond acceptors (Lipinski definition) is 4. The van der Waals surface area contributed by atoms with E-state index in [2.05, 4.69) is 0 Å². The van der Waals surface area contributed by atoms with Crippen LogP contribution in [0, 0.1) is 6.92 Å². The zero-order chi connectivity index (χ0) is 16.5. The number of carbonyl (C=O) groups excluding carboxylic acids is 2. The first-order valence-corrected chi connectivity index (χ1v) is 8.32. The summed E-state index contributed by atoms with van der Waals surface area (Å²) < 4.78 is 21.4. The summed E-state index contributed by atoms with van der Waals surface area (Å²) in [5, 5.41) is 4.88. The summed E-state index contributed by atoms with van der Waals surface area (Å²) in [5.74, 6) is 0.421. The van der Waals surface area contributed by atoms with E-state index in [0.29, 0.717) is 19.3 Å². The van der Waals surface area contributed by atoms with E-state index in [0.717, 1.165) is 12.0 Å². The molecule has 0 aliphatic rings. The third-order valence-electron chi connectivity index (χ3n) is 2.73. The normalized spacial score (nSPS) is 10.5. The van der Waals surface area contributed by atoms with Gasteiger partial charge in [0.05, 0.1) is 4.90 Å². The largest absolute Gasteiger partial charge is 0.300 e. The molecule has 118 valence electrons. The van der Waals surface area contributed by atoms with E-state index in [1.165, 1.54) is 12.1 Å². The summed E-state index contributed by atoms with van der Waals surface area (Å²) >= 11 is 0. The minimum absolute atomic E-state index is 0.156. The lowest BCUT2D eigenvalue weighted by Gasteiger charge is -1.96. The first-order chi connectivity index (χ1) is 9.66. The van der Waals surface area contributed by atoms with Gasteiger partial charge in [-0.2, -0.15) is 0 Å². The van der Waals surface area contributed by atoms with E-state index in [1.54, 1.807) is 19.1 Å². The van der Waals surface area contributed by atoms with Gasteiger partial charge in [0.15, 0.2) is 0 Å². The molecular weight excluding hydrogens is 290 g/mol. The van der Waals surface area contributed by atoms with Gasteiger partial charge in [0, 0.05) is 19.3 Å². The Hall–Kier alpha value is -1.53. The van der Waals surface area contributed by atoms with Crippen LogP contribution < -0.4 is 5.14 Å². The molecule has 0 heterocycles. The van der Waals surface area contributed by atoms with Crippen LogP contribution in [-0.2, 0) is 19.6 Å². The van der Waals surface area contributed by atoms with Gasteiger partial charge in [-0.25, -0.2) is 13.6 Å². The molecule has 0 aliphatic carbocycles.